The number of rotatable bonds is 10. The minimum absolute atomic E-state index is 0.0978. The Hall–Kier alpha value is -4.11. The minimum Gasteiger partial charge on any atom is -0.504 e. The number of likely N-dealkylation sites (N-methyl/N-ethyl adjacent to an activating group) is 1. The third-order valence-electron chi connectivity index (χ3n) is 4.61. The van der Waals surface area contributed by atoms with Crippen molar-refractivity contribution in [2.24, 2.45) is 0 Å². The number of hydrazine groups is 1. The fraction of sp³-hybridized carbons (Fsp3) is 0.240. The molecule has 9 nitrogen and oxygen atoms in total. The maximum atomic E-state index is 13.3. The first kappa shape index (κ1) is 26.1. The lowest BCUT2D eigenvalue weighted by Crippen LogP contribution is -2.49. The maximum Gasteiger partial charge on any atom is 0.340 e. The Labute approximate surface area is 198 Å². The topological polar surface area (TPSA) is 117 Å². The van der Waals surface area contributed by atoms with Gasteiger partial charge in [-0.2, -0.15) is 0 Å². The molecule has 0 aliphatic carbocycles. The highest BCUT2D eigenvalue weighted by Gasteiger charge is 2.27. The van der Waals surface area contributed by atoms with Crippen LogP contribution < -0.4 is 5.01 Å². The quantitative estimate of drug-likeness (QED) is 0.137. The van der Waals surface area contributed by atoms with Crippen LogP contribution in [-0.2, 0) is 19.1 Å². The molecule has 2 amide bonds. The molecular formula is C25H28N2O7. The van der Waals surface area contributed by atoms with Gasteiger partial charge in [-0.05, 0) is 49.2 Å². The first-order valence-corrected chi connectivity index (χ1v) is 10.6. The average molecular weight is 469 g/mol. The van der Waals surface area contributed by atoms with Crippen LogP contribution in [0.25, 0.3) is 6.08 Å². The van der Waals surface area contributed by atoms with E-state index in [9.17, 15) is 24.6 Å². The fourth-order valence-corrected chi connectivity index (χ4v) is 2.88. The Morgan fingerprint density at radius 3 is 2.50 bits per heavy atom. The summed E-state index contributed by atoms with van der Waals surface area (Å²) >= 11 is 0. The molecule has 2 N–H and O–H groups in total. The summed E-state index contributed by atoms with van der Waals surface area (Å²) in [5, 5.41) is 21.3. The van der Waals surface area contributed by atoms with Crippen LogP contribution in [0.2, 0.25) is 0 Å². The van der Waals surface area contributed by atoms with Gasteiger partial charge in [0.1, 0.15) is 6.61 Å². The first-order chi connectivity index (χ1) is 16.3. The summed E-state index contributed by atoms with van der Waals surface area (Å²) in [4.78, 5) is 38.5. The summed E-state index contributed by atoms with van der Waals surface area (Å²) in [5.74, 6) is -2.46. The molecule has 34 heavy (non-hydrogen) atoms. The summed E-state index contributed by atoms with van der Waals surface area (Å²) in [6, 6.07) is 10.3. The van der Waals surface area contributed by atoms with Crippen LogP contribution in [0.5, 0.6) is 11.5 Å². The second-order valence-electron chi connectivity index (χ2n) is 7.02. The van der Waals surface area contributed by atoms with Gasteiger partial charge in [-0.15, -0.1) is 6.58 Å². The number of aromatic hydroxyl groups is 2. The first-order valence-electron chi connectivity index (χ1n) is 10.6. The van der Waals surface area contributed by atoms with Crippen molar-refractivity contribution in [1.29, 1.82) is 0 Å². The number of ether oxygens (including phenoxy) is 2. The van der Waals surface area contributed by atoms with E-state index in [1.165, 1.54) is 49.5 Å². The van der Waals surface area contributed by atoms with E-state index in [0.717, 1.165) is 10.0 Å². The van der Waals surface area contributed by atoms with Gasteiger partial charge in [0, 0.05) is 13.1 Å². The minimum atomic E-state index is -0.647. The third-order valence-corrected chi connectivity index (χ3v) is 4.61. The highest BCUT2D eigenvalue weighted by atomic mass is 16.5. The second-order valence-corrected chi connectivity index (χ2v) is 7.02. The van der Waals surface area contributed by atoms with Gasteiger partial charge in [-0.3, -0.25) is 9.59 Å². The van der Waals surface area contributed by atoms with Crippen molar-refractivity contribution in [3.63, 3.8) is 0 Å². The van der Waals surface area contributed by atoms with Crippen LogP contribution in [0, 0.1) is 0 Å². The molecule has 0 fully saturated rings. The van der Waals surface area contributed by atoms with Gasteiger partial charge in [-0.1, -0.05) is 24.3 Å². The molecular weight excluding hydrogens is 440 g/mol. The number of carbonyl (C=O) groups is 3. The van der Waals surface area contributed by atoms with Crippen molar-refractivity contribution in [1.82, 2.24) is 5.01 Å². The molecule has 9 heteroatoms. The van der Waals surface area contributed by atoms with E-state index in [1.807, 2.05) is 0 Å². The maximum absolute atomic E-state index is 13.3. The van der Waals surface area contributed by atoms with Crippen LogP contribution in [-0.4, -0.2) is 59.9 Å². The van der Waals surface area contributed by atoms with Gasteiger partial charge in [-0.25, -0.2) is 14.8 Å². The van der Waals surface area contributed by atoms with Crippen molar-refractivity contribution < 1.29 is 34.1 Å². The molecule has 0 saturated heterocycles. The van der Waals surface area contributed by atoms with E-state index in [2.05, 4.69) is 6.58 Å². The Balaban J connectivity index is 2.41. The van der Waals surface area contributed by atoms with Gasteiger partial charge in [0.2, 0.25) is 0 Å². The molecule has 0 bridgehead atoms. The predicted molar refractivity (Wildman–Crippen MR) is 127 cm³/mol. The number of anilines is 1. The Morgan fingerprint density at radius 1 is 1.09 bits per heavy atom. The van der Waals surface area contributed by atoms with Gasteiger partial charge < -0.3 is 19.7 Å². The third kappa shape index (κ3) is 6.94. The number of para-hydroxylation sites is 1. The van der Waals surface area contributed by atoms with Crippen LogP contribution in [0.3, 0.4) is 0 Å². The predicted octanol–water partition coefficient (Wildman–Crippen LogP) is 3.29. The van der Waals surface area contributed by atoms with E-state index in [4.69, 9.17) is 9.47 Å². The Kier molecular flexibility index (Phi) is 9.85. The van der Waals surface area contributed by atoms with Crippen LogP contribution >= 0.6 is 0 Å². The molecule has 2 aromatic carbocycles. The zero-order valence-corrected chi connectivity index (χ0v) is 19.1. The molecule has 0 aliphatic heterocycles. The van der Waals surface area contributed by atoms with Gasteiger partial charge >= 0.3 is 5.97 Å². The highest BCUT2D eigenvalue weighted by molar-refractivity contribution is 6.09. The average Bonchev–Trinajstić information content (AvgIpc) is 2.83. The molecule has 180 valence electrons. The highest BCUT2D eigenvalue weighted by Crippen LogP contribution is 2.26. The number of phenolic OH excluding ortho intramolecular Hbond substituents is 2. The number of benzene rings is 2. The van der Waals surface area contributed by atoms with Crippen molar-refractivity contribution in [2.75, 3.05) is 31.9 Å². The van der Waals surface area contributed by atoms with E-state index in [-0.39, 0.29) is 36.0 Å². The molecule has 0 aromatic heterocycles. The summed E-state index contributed by atoms with van der Waals surface area (Å²) in [7, 11) is 1.39. The standard InChI is InChI=1S/C25H28N2O7/c1-4-6-15-33-17-24(31)26(3)27(20-10-8-7-9-19(20)25(32)34-5-2)23(30)14-12-18-11-13-21(28)22(29)16-18/h4,7-14,16,28-29H,1,5-6,15,17H2,2-3H3/b14-12+. The normalized spacial score (nSPS) is 10.6. The van der Waals surface area contributed by atoms with Crippen molar-refractivity contribution >= 4 is 29.5 Å². The van der Waals surface area contributed by atoms with Gasteiger partial charge in [0.15, 0.2) is 11.5 Å². The molecule has 2 rings (SSSR count). The molecule has 0 saturated carbocycles. The Bertz CT molecular complexity index is 1060. The summed E-state index contributed by atoms with van der Waals surface area (Å²) < 4.78 is 10.4. The summed E-state index contributed by atoms with van der Waals surface area (Å²) in [6.45, 7) is 5.40. The van der Waals surface area contributed by atoms with Crippen LogP contribution in [0.15, 0.2) is 61.2 Å². The summed E-state index contributed by atoms with van der Waals surface area (Å²) in [5.41, 5.74) is 0.677. The molecule has 2 aromatic rings. The molecule has 0 spiro atoms. The molecule has 0 radical (unpaired) electrons. The lowest BCUT2D eigenvalue weighted by molar-refractivity contribution is -0.138. The smallest absolute Gasteiger partial charge is 0.340 e. The van der Waals surface area contributed by atoms with E-state index >= 15 is 0 Å². The second kappa shape index (κ2) is 12.8. The molecule has 0 heterocycles. The van der Waals surface area contributed by atoms with Crippen molar-refractivity contribution in [2.45, 2.75) is 13.3 Å². The Morgan fingerprint density at radius 2 is 1.82 bits per heavy atom. The van der Waals surface area contributed by atoms with Gasteiger partial charge in [0.05, 0.1) is 24.5 Å². The fourth-order valence-electron chi connectivity index (χ4n) is 2.88. The number of amides is 2. The zero-order chi connectivity index (χ0) is 25.1. The van der Waals surface area contributed by atoms with Crippen LogP contribution in [0.4, 0.5) is 5.69 Å². The summed E-state index contributed by atoms with van der Waals surface area (Å²) in [6.07, 6.45) is 4.80. The number of carbonyl (C=O) groups excluding carboxylic acids is 3. The van der Waals surface area contributed by atoms with E-state index in [0.29, 0.717) is 18.6 Å². The van der Waals surface area contributed by atoms with Crippen molar-refractivity contribution in [3.05, 3.63) is 72.3 Å². The number of hydrogen-bond acceptors (Lipinski definition) is 7. The number of esters is 1. The van der Waals surface area contributed by atoms with E-state index < -0.39 is 17.8 Å². The largest absolute Gasteiger partial charge is 0.504 e. The van der Waals surface area contributed by atoms with Gasteiger partial charge in [0.25, 0.3) is 11.8 Å². The molecule has 0 atom stereocenters. The van der Waals surface area contributed by atoms with Crippen LogP contribution in [0.1, 0.15) is 29.3 Å². The molecule has 0 unspecified atom stereocenters. The molecule has 0 aliphatic rings. The number of phenols is 2. The zero-order valence-electron chi connectivity index (χ0n) is 19.1. The lowest BCUT2D eigenvalue weighted by atomic mass is 10.1. The number of nitrogens with zero attached hydrogens (tertiary/aromatic N) is 2. The SMILES string of the molecule is C=CCCOCC(=O)N(C)N(C(=O)/C=C/c1ccc(O)c(O)c1)c1ccccc1C(=O)OCC. The monoisotopic (exact) mass is 468 g/mol. The lowest BCUT2D eigenvalue weighted by Gasteiger charge is -2.32. The van der Waals surface area contributed by atoms with Crippen molar-refractivity contribution in [3.8, 4) is 11.5 Å². The number of hydrogen-bond donors (Lipinski definition) is 2. The van der Waals surface area contributed by atoms with E-state index in [1.54, 1.807) is 25.1 Å².